The summed E-state index contributed by atoms with van der Waals surface area (Å²) in [6.07, 6.45) is 0.573. The first kappa shape index (κ1) is 8.75. The molecule has 0 saturated heterocycles. The van der Waals surface area contributed by atoms with Crippen molar-refractivity contribution in [2.75, 3.05) is 6.54 Å². The molecule has 0 aliphatic heterocycles. The zero-order chi connectivity index (χ0) is 9.97. The van der Waals surface area contributed by atoms with E-state index in [1.807, 2.05) is 0 Å². The fourth-order valence-electron chi connectivity index (χ4n) is 0.945. The first-order chi connectivity index (χ1) is 6.79. The number of hydrogen-bond donors (Lipinski definition) is 1. The Labute approximate surface area is 79.1 Å². The molecule has 0 atom stereocenters. The van der Waals surface area contributed by atoms with Crippen LogP contribution in [0.15, 0.2) is 4.52 Å². The van der Waals surface area contributed by atoms with Crippen LogP contribution in [0.4, 0.5) is 0 Å². The van der Waals surface area contributed by atoms with E-state index in [1.54, 1.807) is 7.05 Å². The summed E-state index contributed by atoms with van der Waals surface area (Å²) in [4.78, 5) is 5.37. The third kappa shape index (κ3) is 1.59. The molecule has 0 fully saturated rings. The maximum absolute atomic E-state index is 5.34. The molecule has 0 radical (unpaired) electrons. The van der Waals surface area contributed by atoms with Crippen LogP contribution in [0.3, 0.4) is 0 Å². The molecule has 0 aromatic carbocycles. The third-order valence-electron chi connectivity index (χ3n) is 1.54. The van der Waals surface area contributed by atoms with Crippen molar-refractivity contribution in [3.8, 4) is 11.7 Å². The molecule has 0 unspecified atom stereocenters. The van der Waals surface area contributed by atoms with Gasteiger partial charge in [0.15, 0.2) is 5.82 Å². The van der Waals surface area contributed by atoms with Gasteiger partial charge in [-0.2, -0.15) is 9.78 Å². The number of aryl methyl sites for hydroxylation is 1. The Hall–Kier alpha value is -1.83. The predicted octanol–water partition coefficient (Wildman–Crippen LogP) is -1.24. The first-order valence-corrected chi connectivity index (χ1v) is 4.06. The molecule has 0 saturated carbocycles. The Kier molecular flexibility index (Phi) is 2.19. The van der Waals surface area contributed by atoms with E-state index >= 15 is 0 Å². The molecular weight excluding hydrogens is 186 g/mol. The predicted molar refractivity (Wildman–Crippen MR) is 44.8 cm³/mol. The summed E-state index contributed by atoms with van der Waals surface area (Å²) in [7, 11) is 1.66. The van der Waals surface area contributed by atoms with Crippen molar-refractivity contribution < 1.29 is 4.52 Å². The minimum absolute atomic E-state index is 0.265. The molecule has 14 heavy (non-hydrogen) atoms. The van der Waals surface area contributed by atoms with Gasteiger partial charge >= 0.3 is 0 Å². The van der Waals surface area contributed by atoms with E-state index in [0.29, 0.717) is 24.6 Å². The lowest BCUT2D eigenvalue weighted by Gasteiger charge is -1.83. The van der Waals surface area contributed by atoms with Crippen LogP contribution < -0.4 is 5.73 Å². The van der Waals surface area contributed by atoms with Gasteiger partial charge in [-0.1, -0.05) is 5.16 Å². The summed E-state index contributed by atoms with van der Waals surface area (Å²) in [5.41, 5.74) is 5.34. The lowest BCUT2D eigenvalue weighted by atomic mass is 10.4. The highest BCUT2D eigenvalue weighted by Gasteiger charge is 2.12. The fourth-order valence-corrected chi connectivity index (χ4v) is 0.945. The minimum atomic E-state index is 0.265. The fraction of sp³-hybridized carbons (Fsp3) is 0.500. The van der Waals surface area contributed by atoms with Crippen LogP contribution in [0.5, 0.6) is 0 Å². The standard InChI is InChI=1S/C6H9N7O/c1-13-10-5(9-12-13)6-8-4(2-3-7)11-14-6/h2-3,7H2,1H3. The number of rotatable bonds is 3. The van der Waals surface area contributed by atoms with Gasteiger partial charge in [-0.25, -0.2) is 0 Å². The molecule has 0 amide bonds. The summed E-state index contributed by atoms with van der Waals surface area (Å²) in [6.45, 7) is 0.479. The van der Waals surface area contributed by atoms with Gasteiger partial charge in [-0.05, 0) is 11.8 Å². The van der Waals surface area contributed by atoms with E-state index in [1.165, 1.54) is 4.80 Å². The first-order valence-electron chi connectivity index (χ1n) is 4.06. The summed E-state index contributed by atoms with van der Waals surface area (Å²) in [5.74, 6) is 1.14. The summed E-state index contributed by atoms with van der Waals surface area (Å²) < 4.78 is 4.92. The van der Waals surface area contributed by atoms with Crippen LogP contribution >= 0.6 is 0 Å². The van der Waals surface area contributed by atoms with Gasteiger partial charge in [-0.15, -0.1) is 10.2 Å². The van der Waals surface area contributed by atoms with Gasteiger partial charge < -0.3 is 10.3 Å². The summed E-state index contributed by atoms with van der Waals surface area (Å²) in [5, 5.41) is 15.0. The monoisotopic (exact) mass is 195 g/mol. The van der Waals surface area contributed by atoms with E-state index in [2.05, 4.69) is 25.6 Å². The largest absolute Gasteiger partial charge is 0.330 e. The van der Waals surface area contributed by atoms with Crippen LogP contribution in [-0.2, 0) is 13.5 Å². The van der Waals surface area contributed by atoms with Gasteiger partial charge in [0.05, 0.1) is 7.05 Å². The zero-order valence-corrected chi connectivity index (χ0v) is 7.58. The van der Waals surface area contributed by atoms with E-state index in [4.69, 9.17) is 10.3 Å². The van der Waals surface area contributed by atoms with Crippen LogP contribution in [0.2, 0.25) is 0 Å². The van der Waals surface area contributed by atoms with Crippen molar-refractivity contribution in [2.24, 2.45) is 12.8 Å². The minimum Gasteiger partial charge on any atom is -0.330 e. The lowest BCUT2D eigenvalue weighted by molar-refractivity contribution is 0.420. The maximum atomic E-state index is 5.34. The van der Waals surface area contributed by atoms with Gasteiger partial charge in [0.25, 0.3) is 11.7 Å². The van der Waals surface area contributed by atoms with Gasteiger partial charge in [0, 0.05) is 6.42 Å². The molecule has 2 rings (SSSR count). The molecule has 0 spiro atoms. The van der Waals surface area contributed by atoms with Gasteiger partial charge in [0.2, 0.25) is 0 Å². The average molecular weight is 195 g/mol. The van der Waals surface area contributed by atoms with Crippen molar-refractivity contribution in [2.45, 2.75) is 6.42 Å². The molecule has 2 aromatic rings. The Bertz CT molecular complexity index is 419. The SMILES string of the molecule is Cn1nnc(-c2nc(CCN)no2)n1. The zero-order valence-electron chi connectivity index (χ0n) is 7.58. The quantitative estimate of drug-likeness (QED) is 0.652. The van der Waals surface area contributed by atoms with Crippen LogP contribution in [-0.4, -0.2) is 36.9 Å². The second-order valence-corrected chi connectivity index (χ2v) is 2.66. The smallest absolute Gasteiger partial charge is 0.299 e. The Morgan fingerprint density at radius 1 is 1.50 bits per heavy atom. The van der Waals surface area contributed by atoms with Gasteiger partial charge in [-0.3, -0.25) is 0 Å². The molecule has 2 heterocycles. The van der Waals surface area contributed by atoms with E-state index in [9.17, 15) is 0 Å². The normalized spacial score (nSPS) is 10.7. The second-order valence-electron chi connectivity index (χ2n) is 2.66. The molecule has 8 nitrogen and oxygen atoms in total. The van der Waals surface area contributed by atoms with Crippen LogP contribution in [0, 0.1) is 0 Å². The number of nitrogens with two attached hydrogens (primary N) is 1. The second kappa shape index (κ2) is 3.50. The highest BCUT2D eigenvalue weighted by Crippen LogP contribution is 2.09. The van der Waals surface area contributed by atoms with Crippen LogP contribution in [0.25, 0.3) is 11.7 Å². The van der Waals surface area contributed by atoms with Crippen molar-refractivity contribution in [1.82, 2.24) is 30.3 Å². The molecule has 0 aliphatic carbocycles. The maximum Gasteiger partial charge on any atom is 0.299 e. The van der Waals surface area contributed by atoms with E-state index < -0.39 is 0 Å². The third-order valence-corrected chi connectivity index (χ3v) is 1.54. The topological polar surface area (TPSA) is 109 Å². The van der Waals surface area contributed by atoms with Crippen LogP contribution in [0.1, 0.15) is 5.82 Å². The van der Waals surface area contributed by atoms with Crippen molar-refractivity contribution >= 4 is 0 Å². The highest BCUT2D eigenvalue weighted by molar-refractivity contribution is 5.36. The molecule has 0 bridgehead atoms. The molecular formula is C6H9N7O. The highest BCUT2D eigenvalue weighted by atomic mass is 16.5. The summed E-state index contributed by atoms with van der Waals surface area (Å²) in [6, 6.07) is 0. The van der Waals surface area contributed by atoms with E-state index in [-0.39, 0.29) is 5.89 Å². The Balaban J connectivity index is 2.24. The summed E-state index contributed by atoms with van der Waals surface area (Å²) >= 11 is 0. The average Bonchev–Trinajstić information content (AvgIpc) is 2.74. The number of aromatic nitrogens is 6. The Morgan fingerprint density at radius 3 is 3.00 bits per heavy atom. The van der Waals surface area contributed by atoms with Crippen molar-refractivity contribution in [1.29, 1.82) is 0 Å². The van der Waals surface area contributed by atoms with Gasteiger partial charge in [0.1, 0.15) is 0 Å². The molecule has 2 N–H and O–H groups in total. The molecule has 2 aromatic heterocycles. The molecule has 74 valence electrons. The van der Waals surface area contributed by atoms with E-state index in [0.717, 1.165) is 0 Å². The number of tetrazole rings is 1. The van der Waals surface area contributed by atoms with Crippen molar-refractivity contribution in [3.05, 3.63) is 5.82 Å². The van der Waals surface area contributed by atoms with Crippen molar-refractivity contribution in [3.63, 3.8) is 0 Å². The number of hydrogen-bond acceptors (Lipinski definition) is 7. The Morgan fingerprint density at radius 2 is 2.36 bits per heavy atom. The number of nitrogens with zero attached hydrogens (tertiary/aromatic N) is 6. The molecule has 0 aliphatic rings. The molecule has 8 heteroatoms. The lowest BCUT2D eigenvalue weighted by Crippen LogP contribution is -2.03.